The number of primary amides is 1. The molecule has 0 bridgehead atoms. The number of pyridine rings is 1. The number of fused-ring (bicyclic) bond motifs is 1. The van der Waals surface area contributed by atoms with Crippen molar-refractivity contribution in [2.75, 3.05) is 11.9 Å². The summed E-state index contributed by atoms with van der Waals surface area (Å²) in [4.78, 5) is 15.4. The zero-order chi connectivity index (χ0) is 13.9. The molecule has 1 aliphatic rings. The number of anilines is 2. The molecule has 1 aliphatic heterocycles. The third-order valence-corrected chi connectivity index (χ3v) is 3.40. The van der Waals surface area contributed by atoms with Crippen LogP contribution >= 0.6 is 0 Å². The van der Waals surface area contributed by atoms with Gasteiger partial charge in [-0.3, -0.25) is 4.79 Å². The van der Waals surface area contributed by atoms with E-state index >= 15 is 0 Å². The number of hydrogen-bond donors (Lipinski definition) is 3. The molecule has 1 amide bonds. The molecule has 2 heterocycles. The second-order valence-electron chi connectivity index (χ2n) is 4.77. The predicted octanol–water partition coefficient (Wildman–Crippen LogP) is 1.57. The number of carbonyl (C=O) groups excluding carboxylic acids is 1. The van der Waals surface area contributed by atoms with Gasteiger partial charge in [-0.1, -0.05) is 18.2 Å². The summed E-state index contributed by atoms with van der Waals surface area (Å²) >= 11 is 0. The number of benzene rings is 1. The van der Waals surface area contributed by atoms with Gasteiger partial charge in [0.15, 0.2) is 0 Å². The summed E-state index contributed by atoms with van der Waals surface area (Å²) < 4.78 is 0. The van der Waals surface area contributed by atoms with Crippen molar-refractivity contribution in [2.45, 2.75) is 13.0 Å². The van der Waals surface area contributed by atoms with Crippen molar-refractivity contribution in [3.63, 3.8) is 0 Å². The largest absolute Gasteiger partial charge is 0.364 e. The van der Waals surface area contributed by atoms with E-state index in [2.05, 4.69) is 21.7 Å². The van der Waals surface area contributed by atoms with E-state index in [4.69, 9.17) is 5.73 Å². The molecule has 0 saturated heterocycles. The molecule has 0 radical (unpaired) electrons. The zero-order valence-electron chi connectivity index (χ0n) is 11.0. The highest BCUT2D eigenvalue weighted by Gasteiger charge is 2.13. The molecule has 4 N–H and O–H groups in total. The third kappa shape index (κ3) is 2.48. The average Bonchev–Trinajstić information content (AvgIpc) is 2.48. The number of rotatable bonds is 3. The van der Waals surface area contributed by atoms with Crippen LogP contribution in [0.1, 0.15) is 21.6 Å². The first-order valence-corrected chi connectivity index (χ1v) is 6.59. The van der Waals surface area contributed by atoms with E-state index in [0.29, 0.717) is 5.82 Å². The van der Waals surface area contributed by atoms with Gasteiger partial charge in [0.2, 0.25) is 0 Å². The zero-order valence-corrected chi connectivity index (χ0v) is 11.0. The number of hydrogen-bond acceptors (Lipinski definition) is 4. The summed E-state index contributed by atoms with van der Waals surface area (Å²) in [5.41, 5.74) is 9.16. The molecule has 2 aromatic rings. The predicted molar refractivity (Wildman–Crippen MR) is 77.9 cm³/mol. The maximum Gasteiger partial charge on any atom is 0.267 e. The lowest BCUT2D eigenvalue weighted by Gasteiger charge is -2.20. The normalized spacial score (nSPS) is 13.6. The molecule has 102 valence electrons. The molecule has 3 rings (SSSR count). The second kappa shape index (κ2) is 5.30. The first-order valence-electron chi connectivity index (χ1n) is 6.59. The van der Waals surface area contributed by atoms with E-state index < -0.39 is 5.91 Å². The molecule has 5 nitrogen and oxygen atoms in total. The lowest BCUT2D eigenvalue weighted by molar-refractivity contribution is 0.0995. The van der Waals surface area contributed by atoms with Crippen LogP contribution in [-0.4, -0.2) is 17.4 Å². The van der Waals surface area contributed by atoms with Crippen LogP contribution in [0.5, 0.6) is 0 Å². The van der Waals surface area contributed by atoms with E-state index in [0.717, 1.165) is 25.2 Å². The fourth-order valence-electron chi connectivity index (χ4n) is 2.43. The lowest BCUT2D eigenvalue weighted by atomic mass is 9.99. The molecular weight excluding hydrogens is 252 g/mol. The summed E-state index contributed by atoms with van der Waals surface area (Å²) in [6.45, 7) is 1.86. The first kappa shape index (κ1) is 12.6. The minimum atomic E-state index is -0.520. The Balaban J connectivity index is 1.91. The molecule has 5 heteroatoms. The van der Waals surface area contributed by atoms with E-state index in [1.807, 2.05) is 18.2 Å². The molecular formula is C15H16N4O. The van der Waals surface area contributed by atoms with E-state index in [9.17, 15) is 4.79 Å². The van der Waals surface area contributed by atoms with Crippen molar-refractivity contribution in [1.82, 2.24) is 10.3 Å². The Hall–Kier alpha value is -2.40. The molecule has 1 aromatic heterocycles. The van der Waals surface area contributed by atoms with Crippen LogP contribution < -0.4 is 16.4 Å². The maximum absolute atomic E-state index is 11.2. The molecule has 0 unspecified atom stereocenters. The highest BCUT2D eigenvalue weighted by molar-refractivity contribution is 5.91. The van der Waals surface area contributed by atoms with Crippen LogP contribution in [0.25, 0.3) is 0 Å². The van der Waals surface area contributed by atoms with Gasteiger partial charge in [0.1, 0.15) is 11.5 Å². The fourth-order valence-corrected chi connectivity index (χ4v) is 2.43. The number of carbonyl (C=O) groups is 1. The van der Waals surface area contributed by atoms with Crippen LogP contribution in [0.15, 0.2) is 36.4 Å². The fraction of sp³-hybridized carbons (Fsp3) is 0.200. The van der Waals surface area contributed by atoms with Gasteiger partial charge in [-0.2, -0.15) is 0 Å². The van der Waals surface area contributed by atoms with Gasteiger partial charge in [-0.15, -0.1) is 0 Å². The molecule has 0 saturated carbocycles. The molecule has 0 aliphatic carbocycles. The first-order chi connectivity index (χ1) is 9.74. The Morgan fingerprint density at radius 3 is 2.95 bits per heavy atom. The highest BCUT2D eigenvalue weighted by Crippen LogP contribution is 2.25. The number of aromatic nitrogens is 1. The van der Waals surface area contributed by atoms with Gasteiger partial charge < -0.3 is 16.4 Å². The SMILES string of the molecule is NC(=O)c1cccc(Nc2cccc3c2CCNC3)n1. The van der Waals surface area contributed by atoms with Crippen molar-refractivity contribution < 1.29 is 4.79 Å². The molecule has 1 aromatic carbocycles. The van der Waals surface area contributed by atoms with Crippen molar-refractivity contribution in [3.05, 3.63) is 53.2 Å². The van der Waals surface area contributed by atoms with Crippen LogP contribution in [0, 0.1) is 0 Å². The van der Waals surface area contributed by atoms with Gasteiger partial charge in [0.05, 0.1) is 0 Å². The minimum Gasteiger partial charge on any atom is -0.364 e. The number of nitrogens with one attached hydrogen (secondary N) is 2. The quantitative estimate of drug-likeness (QED) is 0.789. The lowest BCUT2D eigenvalue weighted by Crippen LogP contribution is -2.24. The molecule has 20 heavy (non-hydrogen) atoms. The van der Waals surface area contributed by atoms with Crippen molar-refractivity contribution in [2.24, 2.45) is 5.73 Å². The Kier molecular flexibility index (Phi) is 3.35. The highest BCUT2D eigenvalue weighted by atomic mass is 16.1. The standard InChI is InChI=1S/C15H16N4O/c16-15(20)13-5-2-6-14(19-13)18-12-4-1-3-10-9-17-8-7-11(10)12/h1-6,17H,7-9H2,(H2,16,20)(H,18,19). The maximum atomic E-state index is 11.2. The Bertz CT molecular complexity index is 654. The monoisotopic (exact) mass is 268 g/mol. The molecule has 0 atom stereocenters. The van der Waals surface area contributed by atoms with E-state index in [1.165, 1.54) is 11.1 Å². The van der Waals surface area contributed by atoms with Crippen molar-refractivity contribution in [1.29, 1.82) is 0 Å². The summed E-state index contributed by atoms with van der Waals surface area (Å²) in [6.07, 6.45) is 0.980. The topological polar surface area (TPSA) is 80.0 Å². The number of amides is 1. The van der Waals surface area contributed by atoms with Crippen LogP contribution in [0.4, 0.5) is 11.5 Å². The van der Waals surface area contributed by atoms with Gasteiger partial charge in [0.25, 0.3) is 5.91 Å². The number of nitrogens with two attached hydrogens (primary N) is 1. The summed E-state index contributed by atoms with van der Waals surface area (Å²) in [6, 6.07) is 11.4. The van der Waals surface area contributed by atoms with E-state index in [1.54, 1.807) is 12.1 Å². The summed E-state index contributed by atoms with van der Waals surface area (Å²) in [5, 5.41) is 6.63. The Labute approximate surface area is 117 Å². The van der Waals surface area contributed by atoms with Crippen LogP contribution in [0.2, 0.25) is 0 Å². The molecule has 0 fully saturated rings. The minimum absolute atomic E-state index is 0.265. The van der Waals surface area contributed by atoms with Crippen LogP contribution in [0.3, 0.4) is 0 Å². The van der Waals surface area contributed by atoms with Gasteiger partial charge in [-0.25, -0.2) is 4.98 Å². The smallest absolute Gasteiger partial charge is 0.267 e. The van der Waals surface area contributed by atoms with Gasteiger partial charge in [-0.05, 0) is 42.3 Å². The van der Waals surface area contributed by atoms with Crippen LogP contribution in [-0.2, 0) is 13.0 Å². The third-order valence-electron chi connectivity index (χ3n) is 3.40. The Morgan fingerprint density at radius 1 is 1.25 bits per heavy atom. The van der Waals surface area contributed by atoms with Crippen molar-refractivity contribution >= 4 is 17.4 Å². The summed E-state index contributed by atoms with van der Waals surface area (Å²) in [7, 11) is 0. The van der Waals surface area contributed by atoms with Gasteiger partial charge in [0, 0.05) is 12.2 Å². The Morgan fingerprint density at radius 2 is 2.10 bits per heavy atom. The average molecular weight is 268 g/mol. The van der Waals surface area contributed by atoms with E-state index in [-0.39, 0.29) is 5.69 Å². The van der Waals surface area contributed by atoms with Crippen molar-refractivity contribution in [3.8, 4) is 0 Å². The number of nitrogens with zero attached hydrogens (tertiary/aromatic N) is 1. The summed E-state index contributed by atoms with van der Waals surface area (Å²) in [5.74, 6) is 0.112. The molecule has 0 spiro atoms. The second-order valence-corrected chi connectivity index (χ2v) is 4.77. The van der Waals surface area contributed by atoms with Gasteiger partial charge >= 0.3 is 0 Å².